The van der Waals surface area contributed by atoms with Crippen molar-refractivity contribution in [2.24, 2.45) is 0 Å². The first-order valence-corrected chi connectivity index (χ1v) is 7.19. The van der Waals surface area contributed by atoms with Gasteiger partial charge in [-0.05, 0) is 52.5 Å². The quantitative estimate of drug-likeness (QED) is 0.708. The van der Waals surface area contributed by atoms with Crippen LogP contribution in [0.1, 0.15) is 17.0 Å². The number of hydrogen-bond acceptors (Lipinski definition) is 1. The van der Waals surface area contributed by atoms with E-state index in [2.05, 4.69) is 68.8 Å². The van der Waals surface area contributed by atoms with E-state index in [1.54, 1.807) is 0 Å². The number of aryl methyl sites for hydroxylation is 3. The second-order valence-corrected chi connectivity index (χ2v) is 5.66. The fourth-order valence-electron chi connectivity index (χ4n) is 2.34. The summed E-state index contributed by atoms with van der Waals surface area (Å²) in [6, 6.07) is 12.7. The molecule has 0 saturated heterocycles. The second-order valence-electron chi connectivity index (χ2n) is 4.74. The van der Waals surface area contributed by atoms with Gasteiger partial charge in [0, 0.05) is 17.1 Å². The number of imidazole rings is 1. The van der Waals surface area contributed by atoms with E-state index in [0.29, 0.717) is 0 Å². The normalized spacial score (nSPS) is 11.1. The third kappa shape index (κ3) is 2.56. The van der Waals surface area contributed by atoms with Crippen molar-refractivity contribution in [3.05, 3.63) is 70.2 Å². The SMILES string of the molecule is Cc1ccccc1CCc1ncc2ccc(Br)cn12. The van der Waals surface area contributed by atoms with Crippen molar-refractivity contribution >= 4 is 21.4 Å². The van der Waals surface area contributed by atoms with Gasteiger partial charge in [0.25, 0.3) is 0 Å². The average molecular weight is 315 g/mol. The summed E-state index contributed by atoms with van der Waals surface area (Å²) < 4.78 is 3.23. The van der Waals surface area contributed by atoms with Crippen LogP contribution in [-0.2, 0) is 12.8 Å². The molecule has 0 aliphatic rings. The van der Waals surface area contributed by atoms with Crippen LogP contribution in [0.25, 0.3) is 5.52 Å². The van der Waals surface area contributed by atoms with Crippen LogP contribution < -0.4 is 0 Å². The summed E-state index contributed by atoms with van der Waals surface area (Å²) in [5, 5.41) is 0. The van der Waals surface area contributed by atoms with Gasteiger partial charge in [0.15, 0.2) is 0 Å². The largest absolute Gasteiger partial charge is 0.303 e. The lowest BCUT2D eigenvalue weighted by Crippen LogP contribution is -1.99. The summed E-state index contributed by atoms with van der Waals surface area (Å²) in [6.07, 6.45) is 5.99. The van der Waals surface area contributed by atoms with Gasteiger partial charge in [0.2, 0.25) is 0 Å². The molecule has 96 valence electrons. The van der Waals surface area contributed by atoms with Crippen molar-refractivity contribution in [2.45, 2.75) is 19.8 Å². The summed E-state index contributed by atoms with van der Waals surface area (Å²) in [4.78, 5) is 4.52. The van der Waals surface area contributed by atoms with Gasteiger partial charge in [-0.1, -0.05) is 24.3 Å². The molecule has 19 heavy (non-hydrogen) atoms. The molecule has 0 spiro atoms. The Labute approximate surface area is 121 Å². The van der Waals surface area contributed by atoms with Crippen LogP contribution >= 0.6 is 15.9 Å². The fraction of sp³-hybridized carbons (Fsp3) is 0.188. The molecule has 0 saturated carbocycles. The van der Waals surface area contributed by atoms with Gasteiger partial charge in [0.05, 0.1) is 11.7 Å². The molecule has 0 radical (unpaired) electrons. The van der Waals surface area contributed by atoms with Crippen LogP contribution in [0.5, 0.6) is 0 Å². The van der Waals surface area contributed by atoms with Gasteiger partial charge in [-0.3, -0.25) is 0 Å². The minimum atomic E-state index is 0.954. The summed E-state index contributed by atoms with van der Waals surface area (Å²) in [7, 11) is 0. The number of fused-ring (bicyclic) bond motifs is 1. The molecular weight excluding hydrogens is 300 g/mol. The molecule has 3 heteroatoms. The average Bonchev–Trinajstić information content (AvgIpc) is 2.80. The lowest BCUT2D eigenvalue weighted by Gasteiger charge is -2.05. The van der Waals surface area contributed by atoms with Gasteiger partial charge >= 0.3 is 0 Å². The zero-order valence-electron chi connectivity index (χ0n) is 10.8. The molecule has 3 rings (SSSR count). The van der Waals surface area contributed by atoms with Crippen LogP contribution in [-0.4, -0.2) is 9.38 Å². The first-order chi connectivity index (χ1) is 9.24. The van der Waals surface area contributed by atoms with Crippen molar-refractivity contribution < 1.29 is 0 Å². The standard InChI is InChI=1S/C16H15BrN2/c1-12-4-2-3-5-13(12)6-9-16-18-10-15-8-7-14(17)11-19(15)16/h2-5,7-8,10-11H,6,9H2,1H3. The second kappa shape index (κ2) is 5.17. The first-order valence-electron chi connectivity index (χ1n) is 6.40. The minimum Gasteiger partial charge on any atom is -0.303 e. The summed E-state index contributed by atoms with van der Waals surface area (Å²) in [5.74, 6) is 1.11. The van der Waals surface area contributed by atoms with Crippen molar-refractivity contribution in [1.82, 2.24) is 9.38 Å². The van der Waals surface area contributed by atoms with Crippen molar-refractivity contribution in [2.75, 3.05) is 0 Å². The smallest absolute Gasteiger partial charge is 0.113 e. The monoisotopic (exact) mass is 314 g/mol. The lowest BCUT2D eigenvalue weighted by atomic mass is 10.0. The molecule has 0 atom stereocenters. The van der Waals surface area contributed by atoms with E-state index in [0.717, 1.165) is 28.7 Å². The van der Waals surface area contributed by atoms with Gasteiger partial charge < -0.3 is 4.40 Å². The third-order valence-corrected chi connectivity index (χ3v) is 3.92. The lowest BCUT2D eigenvalue weighted by molar-refractivity contribution is 0.848. The number of pyridine rings is 1. The first kappa shape index (κ1) is 12.4. The predicted molar refractivity (Wildman–Crippen MR) is 81.5 cm³/mol. The summed E-state index contributed by atoms with van der Waals surface area (Å²) >= 11 is 3.51. The number of halogens is 1. The zero-order valence-corrected chi connectivity index (χ0v) is 12.4. The summed E-state index contributed by atoms with van der Waals surface area (Å²) in [5.41, 5.74) is 3.89. The maximum Gasteiger partial charge on any atom is 0.113 e. The molecule has 2 aromatic heterocycles. The predicted octanol–water partition coefficient (Wildman–Crippen LogP) is 4.19. The molecule has 1 aromatic carbocycles. The molecule has 0 fully saturated rings. The van der Waals surface area contributed by atoms with E-state index in [1.807, 2.05) is 12.3 Å². The van der Waals surface area contributed by atoms with E-state index in [4.69, 9.17) is 0 Å². The van der Waals surface area contributed by atoms with Crippen molar-refractivity contribution in [1.29, 1.82) is 0 Å². The van der Waals surface area contributed by atoms with E-state index in [9.17, 15) is 0 Å². The number of hydrogen-bond donors (Lipinski definition) is 0. The maximum absolute atomic E-state index is 4.52. The third-order valence-electron chi connectivity index (χ3n) is 3.45. The highest BCUT2D eigenvalue weighted by Gasteiger charge is 2.05. The van der Waals surface area contributed by atoms with Crippen LogP contribution in [0.2, 0.25) is 0 Å². The van der Waals surface area contributed by atoms with E-state index in [-0.39, 0.29) is 0 Å². The molecule has 2 heterocycles. The molecule has 0 N–H and O–H groups in total. The van der Waals surface area contributed by atoms with Gasteiger partial charge in [-0.25, -0.2) is 4.98 Å². The molecule has 0 aliphatic carbocycles. The Morgan fingerprint density at radius 2 is 1.95 bits per heavy atom. The van der Waals surface area contributed by atoms with E-state index in [1.165, 1.54) is 11.1 Å². The summed E-state index contributed by atoms with van der Waals surface area (Å²) in [6.45, 7) is 2.16. The highest BCUT2D eigenvalue weighted by molar-refractivity contribution is 9.10. The molecular formula is C16H15BrN2. The molecule has 0 amide bonds. The van der Waals surface area contributed by atoms with Crippen LogP contribution in [0.3, 0.4) is 0 Å². The fourth-order valence-corrected chi connectivity index (χ4v) is 2.68. The number of nitrogens with zero attached hydrogens (tertiary/aromatic N) is 2. The van der Waals surface area contributed by atoms with Crippen LogP contribution in [0.15, 0.2) is 53.3 Å². The highest BCUT2D eigenvalue weighted by atomic mass is 79.9. The Morgan fingerprint density at radius 3 is 2.79 bits per heavy atom. The molecule has 0 aliphatic heterocycles. The van der Waals surface area contributed by atoms with Gasteiger partial charge in [0.1, 0.15) is 5.82 Å². The molecule has 0 unspecified atom stereocenters. The van der Waals surface area contributed by atoms with Crippen molar-refractivity contribution in [3.63, 3.8) is 0 Å². The minimum absolute atomic E-state index is 0.954. The van der Waals surface area contributed by atoms with E-state index < -0.39 is 0 Å². The number of rotatable bonds is 3. The van der Waals surface area contributed by atoms with Gasteiger partial charge in [-0.2, -0.15) is 0 Å². The van der Waals surface area contributed by atoms with E-state index >= 15 is 0 Å². The highest BCUT2D eigenvalue weighted by Crippen LogP contribution is 2.16. The van der Waals surface area contributed by atoms with Crippen LogP contribution in [0, 0.1) is 6.92 Å². The topological polar surface area (TPSA) is 17.3 Å². The van der Waals surface area contributed by atoms with Crippen molar-refractivity contribution in [3.8, 4) is 0 Å². The Kier molecular flexibility index (Phi) is 3.38. The Morgan fingerprint density at radius 1 is 1.11 bits per heavy atom. The van der Waals surface area contributed by atoms with Gasteiger partial charge in [-0.15, -0.1) is 0 Å². The Bertz CT molecular complexity index is 716. The number of aromatic nitrogens is 2. The molecule has 2 nitrogen and oxygen atoms in total. The molecule has 3 aromatic rings. The van der Waals surface area contributed by atoms with Crippen LogP contribution in [0.4, 0.5) is 0 Å². The zero-order chi connectivity index (χ0) is 13.2. The number of benzene rings is 1. The Balaban J connectivity index is 1.86. The molecule has 0 bridgehead atoms. The Hall–Kier alpha value is -1.61. The maximum atomic E-state index is 4.52.